The topological polar surface area (TPSA) is 26.3 Å². The van der Waals surface area contributed by atoms with Crippen molar-refractivity contribution in [3.05, 3.63) is 12.7 Å². The normalized spacial score (nSPS) is 16.7. The number of hydrogen-bond donors (Lipinski definition) is 0. The van der Waals surface area contributed by atoms with Crippen LogP contribution in [0.15, 0.2) is 12.7 Å². The molecule has 0 radical (unpaired) electrons. The summed E-state index contributed by atoms with van der Waals surface area (Å²) in [4.78, 5) is 10.2. The number of carbonyl (C=O) groups is 1. The Morgan fingerprint density at radius 2 is 1.60 bits per heavy atom. The monoisotopic (exact) mass is 256 g/mol. The van der Waals surface area contributed by atoms with Crippen LogP contribution in [0.3, 0.4) is 0 Å². The maximum atomic E-state index is 12.7. The number of rotatable bonds is 3. The van der Waals surface area contributed by atoms with E-state index < -0.39 is 23.4 Å². The molecule has 0 bridgehead atoms. The third kappa shape index (κ3) is 2.77. The fraction of sp³-hybridized carbons (Fsp3) is 0.500. The number of alkyl halides is 7. The molecule has 88 valence electrons. The molecule has 0 aromatic rings. The molecule has 0 aliphatic heterocycles. The SMILES string of the molecule is C=CC(=O)OC(F)(C(F)(F)F)C(F)(F)Cl. The van der Waals surface area contributed by atoms with Crippen LogP contribution in [0.1, 0.15) is 0 Å². The van der Waals surface area contributed by atoms with Crippen molar-refractivity contribution in [2.75, 3.05) is 0 Å². The highest BCUT2D eigenvalue weighted by Gasteiger charge is 2.74. The second kappa shape index (κ2) is 3.92. The molecule has 0 aliphatic rings. The van der Waals surface area contributed by atoms with Gasteiger partial charge in [-0.05, 0) is 11.6 Å². The van der Waals surface area contributed by atoms with E-state index >= 15 is 0 Å². The molecule has 0 aromatic carbocycles. The van der Waals surface area contributed by atoms with Crippen LogP contribution < -0.4 is 0 Å². The van der Waals surface area contributed by atoms with E-state index in [1.165, 1.54) is 0 Å². The lowest BCUT2D eigenvalue weighted by molar-refractivity contribution is -0.365. The summed E-state index contributed by atoms with van der Waals surface area (Å²) in [7, 11) is 0. The molecule has 0 heterocycles. The second-order valence-corrected chi connectivity index (χ2v) is 2.69. The number of halogens is 7. The number of ether oxygens (including phenoxy) is 1. The number of esters is 1. The summed E-state index contributed by atoms with van der Waals surface area (Å²) in [5.41, 5.74) is 0. The second-order valence-electron chi connectivity index (χ2n) is 2.22. The van der Waals surface area contributed by atoms with Gasteiger partial charge >= 0.3 is 23.4 Å². The summed E-state index contributed by atoms with van der Waals surface area (Å²) < 4.78 is 75.4. The van der Waals surface area contributed by atoms with E-state index in [1.807, 2.05) is 0 Å². The van der Waals surface area contributed by atoms with Gasteiger partial charge in [-0.1, -0.05) is 6.58 Å². The predicted octanol–water partition coefficient (Wildman–Crippen LogP) is 2.78. The molecule has 0 rings (SSSR count). The zero-order valence-corrected chi connectivity index (χ0v) is 7.50. The third-order valence-corrected chi connectivity index (χ3v) is 1.38. The highest BCUT2D eigenvalue weighted by atomic mass is 35.5. The lowest BCUT2D eigenvalue weighted by Crippen LogP contribution is -2.55. The van der Waals surface area contributed by atoms with Crippen molar-refractivity contribution in [3.63, 3.8) is 0 Å². The molecule has 15 heavy (non-hydrogen) atoms. The van der Waals surface area contributed by atoms with Crippen molar-refractivity contribution in [3.8, 4) is 0 Å². The van der Waals surface area contributed by atoms with Crippen LogP contribution in [0.25, 0.3) is 0 Å². The van der Waals surface area contributed by atoms with E-state index in [0.717, 1.165) is 0 Å². The van der Waals surface area contributed by atoms with E-state index in [4.69, 9.17) is 0 Å². The quantitative estimate of drug-likeness (QED) is 0.336. The molecule has 0 aliphatic carbocycles. The maximum absolute atomic E-state index is 12.7. The Hall–Kier alpha value is -0.920. The summed E-state index contributed by atoms with van der Waals surface area (Å²) in [5.74, 6) is -7.61. The zero-order valence-electron chi connectivity index (χ0n) is 6.75. The maximum Gasteiger partial charge on any atom is 0.468 e. The molecule has 0 N–H and O–H groups in total. The summed E-state index contributed by atoms with van der Waals surface area (Å²) in [5, 5.41) is -5.44. The average molecular weight is 257 g/mol. The van der Waals surface area contributed by atoms with E-state index in [0.29, 0.717) is 0 Å². The Balaban J connectivity index is 5.24. The minimum Gasteiger partial charge on any atom is -0.411 e. The first kappa shape index (κ1) is 14.1. The predicted molar refractivity (Wildman–Crippen MR) is 37.0 cm³/mol. The van der Waals surface area contributed by atoms with Crippen LogP contribution in [0.2, 0.25) is 0 Å². The van der Waals surface area contributed by atoms with Crippen molar-refractivity contribution in [2.24, 2.45) is 0 Å². The van der Waals surface area contributed by atoms with Crippen molar-refractivity contribution in [1.29, 1.82) is 0 Å². The van der Waals surface area contributed by atoms with Gasteiger partial charge in [0.05, 0.1) is 0 Å². The Morgan fingerprint density at radius 3 is 1.80 bits per heavy atom. The van der Waals surface area contributed by atoms with Gasteiger partial charge in [-0.2, -0.15) is 26.3 Å². The molecule has 9 heteroatoms. The molecule has 2 nitrogen and oxygen atoms in total. The zero-order chi connectivity index (χ0) is 12.5. The Morgan fingerprint density at radius 1 is 1.20 bits per heavy atom. The van der Waals surface area contributed by atoms with Crippen LogP contribution in [0, 0.1) is 0 Å². The highest BCUT2D eigenvalue weighted by Crippen LogP contribution is 2.48. The molecular formula is C6H3ClF6O2. The fourth-order valence-electron chi connectivity index (χ4n) is 0.457. The van der Waals surface area contributed by atoms with E-state index in [1.54, 1.807) is 0 Å². The molecule has 0 saturated carbocycles. The first-order chi connectivity index (χ1) is 6.45. The summed E-state index contributed by atoms with van der Waals surface area (Å²) in [6.45, 7) is 2.61. The van der Waals surface area contributed by atoms with Crippen LogP contribution in [0.4, 0.5) is 26.3 Å². The van der Waals surface area contributed by atoms with E-state index in [9.17, 15) is 31.1 Å². The van der Waals surface area contributed by atoms with Gasteiger partial charge in [-0.15, -0.1) is 0 Å². The largest absolute Gasteiger partial charge is 0.468 e. The summed E-state index contributed by atoms with van der Waals surface area (Å²) in [6, 6.07) is 0. The minimum atomic E-state index is -6.17. The fourth-order valence-corrected chi connectivity index (χ4v) is 0.602. The minimum absolute atomic E-state index is 0.0860. The molecule has 1 atom stereocenters. The van der Waals surface area contributed by atoms with Gasteiger partial charge in [-0.3, -0.25) is 0 Å². The molecule has 0 fully saturated rings. The molecule has 0 saturated heterocycles. The van der Waals surface area contributed by atoms with Gasteiger partial charge in [0.1, 0.15) is 0 Å². The van der Waals surface area contributed by atoms with Gasteiger partial charge in [0.25, 0.3) is 0 Å². The van der Waals surface area contributed by atoms with Crippen molar-refractivity contribution in [1.82, 2.24) is 0 Å². The summed E-state index contributed by atoms with van der Waals surface area (Å²) >= 11 is 3.89. The molecule has 1 unspecified atom stereocenters. The van der Waals surface area contributed by atoms with Gasteiger partial charge in [0.15, 0.2) is 0 Å². The van der Waals surface area contributed by atoms with Crippen LogP contribution in [-0.2, 0) is 9.53 Å². The van der Waals surface area contributed by atoms with Crippen LogP contribution in [0.5, 0.6) is 0 Å². The Labute approximate surface area is 84.4 Å². The third-order valence-electron chi connectivity index (χ3n) is 1.14. The van der Waals surface area contributed by atoms with Crippen LogP contribution >= 0.6 is 11.6 Å². The first-order valence-electron chi connectivity index (χ1n) is 3.13. The molecule has 0 aromatic heterocycles. The summed E-state index contributed by atoms with van der Waals surface area (Å²) in [6.07, 6.45) is -6.08. The van der Waals surface area contributed by atoms with Gasteiger partial charge in [0, 0.05) is 6.08 Å². The molecule has 0 spiro atoms. The van der Waals surface area contributed by atoms with Gasteiger partial charge in [-0.25, -0.2) is 4.79 Å². The standard InChI is InChI=1S/C6H3ClF6O2/c1-2-3(14)15-4(8,5(7,9)10)6(11,12)13/h2H,1H2. The Bertz CT molecular complexity index is 254. The van der Waals surface area contributed by atoms with Crippen molar-refractivity contribution < 1.29 is 35.9 Å². The lowest BCUT2D eigenvalue weighted by Gasteiger charge is -2.29. The molecular weight excluding hydrogens is 254 g/mol. The van der Waals surface area contributed by atoms with E-state index in [2.05, 4.69) is 22.9 Å². The highest BCUT2D eigenvalue weighted by molar-refractivity contribution is 6.22. The van der Waals surface area contributed by atoms with Crippen molar-refractivity contribution in [2.45, 2.75) is 17.4 Å². The van der Waals surface area contributed by atoms with Gasteiger partial charge < -0.3 is 4.74 Å². The van der Waals surface area contributed by atoms with Crippen LogP contribution in [-0.4, -0.2) is 23.4 Å². The number of hydrogen-bond acceptors (Lipinski definition) is 2. The smallest absolute Gasteiger partial charge is 0.411 e. The average Bonchev–Trinajstić information content (AvgIpc) is 1.99. The first-order valence-corrected chi connectivity index (χ1v) is 3.51. The molecule has 0 amide bonds. The Kier molecular flexibility index (Phi) is 3.67. The van der Waals surface area contributed by atoms with E-state index in [-0.39, 0.29) is 6.08 Å². The van der Waals surface area contributed by atoms with Gasteiger partial charge in [0.2, 0.25) is 0 Å². The lowest BCUT2D eigenvalue weighted by atomic mass is 10.3. The number of carbonyl (C=O) groups excluding carboxylic acids is 1. The van der Waals surface area contributed by atoms with Crippen molar-refractivity contribution >= 4 is 17.6 Å².